The molecule has 0 saturated carbocycles. The Morgan fingerprint density at radius 2 is 1.94 bits per heavy atom. The summed E-state index contributed by atoms with van der Waals surface area (Å²) >= 11 is 5.94. The molecule has 0 spiro atoms. The number of nitrogens with two attached hydrogens (primary N) is 1. The Morgan fingerprint density at radius 3 is 2.64 bits per heavy atom. The predicted molar refractivity (Wildman–Crippen MR) is 137 cm³/mol. The van der Waals surface area contributed by atoms with Gasteiger partial charge in [0.15, 0.2) is 5.82 Å². The fourth-order valence-corrected chi connectivity index (χ4v) is 3.93. The lowest BCUT2D eigenvalue weighted by molar-refractivity contribution is 0.181. The van der Waals surface area contributed by atoms with Crippen molar-refractivity contribution in [3.05, 3.63) is 83.7 Å². The van der Waals surface area contributed by atoms with E-state index in [2.05, 4.69) is 20.1 Å². The van der Waals surface area contributed by atoms with E-state index in [0.29, 0.717) is 16.9 Å². The van der Waals surface area contributed by atoms with Gasteiger partial charge in [0.25, 0.3) is 0 Å². The molecule has 1 atom stereocenters. The molecule has 4 aromatic rings. The molecule has 0 saturated heterocycles. The van der Waals surface area contributed by atoms with Crippen molar-refractivity contribution >= 4 is 29.1 Å². The molecule has 0 bridgehead atoms. The minimum Gasteiger partial charge on any atom is -0.453 e. The summed E-state index contributed by atoms with van der Waals surface area (Å²) in [5.74, 6) is -0.640. The molecule has 36 heavy (non-hydrogen) atoms. The Labute approximate surface area is 217 Å². The molecular weight excluding hydrogens is 485 g/mol. The van der Waals surface area contributed by atoms with E-state index in [9.17, 15) is 9.18 Å². The van der Waals surface area contributed by atoms with E-state index in [1.54, 1.807) is 41.3 Å². The van der Waals surface area contributed by atoms with Gasteiger partial charge in [0.1, 0.15) is 0 Å². The molecular formula is C26H25ClFN5O3. The molecule has 10 heteroatoms. The van der Waals surface area contributed by atoms with Gasteiger partial charge in [-0.15, -0.1) is 0 Å². The second-order valence-corrected chi connectivity index (χ2v) is 8.26. The van der Waals surface area contributed by atoms with Crippen molar-refractivity contribution in [2.24, 2.45) is 0 Å². The largest absolute Gasteiger partial charge is 0.453 e. The molecule has 3 N–H and O–H groups in total. The van der Waals surface area contributed by atoms with Gasteiger partial charge in [-0.3, -0.25) is 15.0 Å². The van der Waals surface area contributed by atoms with Gasteiger partial charge in [-0.2, -0.15) is 5.10 Å². The topological polar surface area (TPSA) is 104 Å². The van der Waals surface area contributed by atoms with E-state index in [1.165, 1.54) is 25.4 Å². The molecule has 0 aliphatic rings. The first-order valence-corrected chi connectivity index (χ1v) is 11.3. The summed E-state index contributed by atoms with van der Waals surface area (Å²) < 4.78 is 47.9. The molecule has 0 radical (unpaired) electrons. The first-order chi connectivity index (χ1) is 18.6. The van der Waals surface area contributed by atoms with Crippen LogP contribution in [-0.2, 0) is 9.47 Å². The van der Waals surface area contributed by atoms with Crippen molar-refractivity contribution < 1.29 is 22.8 Å². The van der Waals surface area contributed by atoms with Gasteiger partial charge in [-0.25, -0.2) is 9.18 Å². The number of amides is 1. The van der Waals surface area contributed by atoms with E-state index in [0.717, 1.165) is 11.1 Å². The highest BCUT2D eigenvalue weighted by Gasteiger charge is 2.19. The lowest BCUT2D eigenvalue weighted by Crippen LogP contribution is -2.15. The Morgan fingerprint density at radius 1 is 1.17 bits per heavy atom. The first-order valence-electron chi connectivity index (χ1n) is 12.4. The molecule has 8 nitrogen and oxygen atoms in total. The maximum absolute atomic E-state index is 14.7. The van der Waals surface area contributed by atoms with Gasteiger partial charge in [0.05, 0.1) is 34.2 Å². The van der Waals surface area contributed by atoms with Crippen molar-refractivity contribution in [1.82, 2.24) is 14.8 Å². The third-order valence-corrected chi connectivity index (χ3v) is 5.90. The van der Waals surface area contributed by atoms with Crippen LogP contribution >= 0.6 is 11.6 Å². The molecule has 2 aromatic heterocycles. The van der Waals surface area contributed by atoms with Gasteiger partial charge in [-0.05, 0) is 42.3 Å². The number of nitrogen functional groups attached to an aromatic ring is 1. The van der Waals surface area contributed by atoms with Crippen molar-refractivity contribution in [2.75, 3.05) is 31.8 Å². The van der Waals surface area contributed by atoms with Crippen molar-refractivity contribution in [3.63, 3.8) is 0 Å². The number of aromatic nitrogens is 3. The number of carbonyl (C=O) groups excluding carboxylic acids is 1. The fraction of sp³-hybridized carbons (Fsp3) is 0.192. The number of hydrogen-bond acceptors (Lipinski definition) is 6. The van der Waals surface area contributed by atoms with Gasteiger partial charge >= 0.3 is 6.09 Å². The molecule has 0 fully saturated rings. The highest BCUT2D eigenvalue weighted by Crippen LogP contribution is 2.33. The van der Waals surface area contributed by atoms with Crippen LogP contribution in [0.5, 0.6) is 0 Å². The smallest absolute Gasteiger partial charge is 0.411 e. The van der Waals surface area contributed by atoms with Crippen LogP contribution < -0.4 is 11.1 Å². The summed E-state index contributed by atoms with van der Waals surface area (Å²) in [6.07, 6.45) is 4.62. The predicted octanol–water partition coefficient (Wildman–Crippen LogP) is 5.79. The second-order valence-electron chi connectivity index (χ2n) is 7.85. The van der Waals surface area contributed by atoms with E-state index >= 15 is 0 Å². The van der Waals surface area contributed by atoms with Crippen LogP contribution in [0.2, 0.25) is 5.02 Å². The third kappa shape index (κ3) is 5.48. The Bertz CT molecular complexity index is 1450. The average Bonchev–Trinajstić information content (AvgIpc) is 3.39. The minimum atomic E-state index is -2.54. The van der Waals surface area contributed by atoms with E-state index in [4.69, 9.17) is 26.2 Å². The maximum atomic E-state index is 14.7. The fourth-order valence-electron chi connectivity index (χ4n) is 3.77. The first kappa shape index (κ1) is 21.3. The normalized spacial score (nSPS) is 13.4. The standard InChI is InChI=1S/C26H25ClFN5O3/c1-35-12-11-23(22-10-5-17(13-30-22)24-21(29)9-8-20(27)25(24)28)33-15-18(14-31-33)16-3-6-19(7-4-16)32-26(34)36-2/h3-10,13-15,23H,11-12,29H2,1-2H3,(H,32,34)/i1D3. The molecule has 2 aromatic carbocycles. The van der Waals surface area contributed by atoms with Crippen molar-refractivity contribution in [3.8, 4) is 22.3 Å². The van der Waals surface area contributed by atoms with Gasteiger partial charge in [-0.1, -0.05) is 29.8 Å². The van der Waals surface area contributed by atoms with Crippen LogP contribution in [0, 0.1) is 5.82 Å². The zero-order valence-corrected chi connectivity index (χ0v) is 20.0. The average molecular weight is 513 g/mol. The Hall–Kier alpha value is -3.95. The summed E-state index contributed by atoms with van der Waals surface area (Å²) in [5.41, 5.74) is 9.53. The number of methoxy groups -OCH3 is 2. The van der Waals surface area contributed by atoms with Crippen LogP contribution in [-0.4, -0.2) is 41.6 Å². The summed E-state index contributed by atoms with van der Waals surface area (Å²) in [6, 6.07) is 12.9. The number of nitrogens with zero attached hydrogens (tertiary/aromatic N) is 3. The lowest BCUT2D eigenvalue weighted by Gasteiger charge is -2.17. The van der Waals surface area contributed by atoms with Crippen LogP contribution in [0.3, 0.4) is 0 Å². The number of rotatable bonds is 8. The Balaban J connectivity index is 1.61. The van der Waals surface area contributed by atoms with Crippen LogP contribution in [0.25, 0.3) is 22.3 Å². The van der Waals surface area contributed by atoms with Crippen LogP contribution in [0.15, 0.2) is 67.1 Å². The molecule has 0 aliphatic carbocycles. The number of benzene rings is 2. The number of anilines is 2. The van der Waals surface area contributed by atoms with Gasteiger partial charge in [0.2, 0.25) is 0 Å². The number of pyridine rings is 1. The summed E-state index contributed by atoms with van der Waals surface area (Å²) in [7, 11) is -1.26. The Kier molecular flexibility index (Phi) is 6.64. The van der Waals surface area contributed by atoms with Crippen molar-refractivity contribution in [2.45, 2.75) is 12.5 Å². The molecule has 0 aliphatic heterocycles. The minimum absolute atomic E-state index is 0.0545. The zero-order valence-electron chi connectivity index (χ0n) is 22.2. The SMILES string of the molecule is [2H]C([2H])([2H])OCCC(c1ccc(-c2c(N)ccc(Cl)c2F)cn1)n1cc(-c2ccc(NC(=O)OC)cc2)cn1. The number of nitrogens with one attached hydrogen (secondary N) is 1. The summed E-state index contributed by atoms with van der Waals surface area (Å²) in [6.45, 7) is -0.0798. The molecule has 2 heterocycles. The summed E-state index contributed by atoms with van der Waals surface area (Å²) in [5, 5.41) is 7.02. The molecule has 1 amide bonds. The number of hydrogen-bond donors (Lipinski definition) is 2. The van der Waals surface area contributed by atoms with E-state index in [1.807, 2.05) is 12.1 Å². The van der Waals surface area contributed by atoms with Gasteiger partial charge in [0, 0.05) is 54.1 Å². The molecule has 4 rings (SSSR count). The number of carbonyl (C=O) groups is 1. The quantitative estimate of drug-likeness (QED) is 0.289. The second kappa shape index (κ2) is 11.2. The van der Waals surface area contributed by atoms with Crippen LogP contribution in [0.1, 0.15) is 22.3 Å². The summed E-state index contributed by atoms with van der Waals surface area (Å²) in [4.78, 5) is 15.9. The van der Waals surface area contributed by atoms with Crippen molar-refractivity contribution in [1.29, 1.82) is 0 Å². The number of ether oxygens (including phenoxy) is 2. The number of halogens is 2. The maximum Gasteiger partial charge on any atom is 0.411 e. The zero-order chi connectivity index (χ0) is 28.2. The lowest BCUT2D eigenvalue weighted by atomic mass is 10.0. The van der Waals surface area contributed by atoms with E-state index in [-0.39, 0.29) is 29.3 Å². The van der Waals surface area contributed by atoms with E-state index < -0.39 is 25.0 Å². The third-order valence-electron chi connectivity index (χ3n) is 5.61. The van der Waals surface area contributed by atoms with Crippen LogP contribution in [0.4, 0.5) is 20.6 Å². The monoisotopic (exact) mass is 512 g/mol. The highest BCUT2D eigenvalue weighted by atomic mass is 35.5. The highest BCUT2D eigenvalue weighted by molar-refractivity contribution is 6.31. The van der Waals surface area contributed by atoms with Gasteiger partial charge < -0.3 is 15.2 Å². The molecule has 1 unspecified atom stereocenters. The molecule has 186 valence electrons.